The lowest BCUT2D eigenvalue weighted by Gasteiger charge is -2.19. The predicted molar refractivity (Wildman–Crippen MR) is 95.4 cm³/mol. The molecule has 25 heavy (non-hydrogen) atoms. The van der Waals surface area contributed by atoms with E-state index in [-0.39, 0.29) is 30.6 Å². The van der Waals surface area contributed by atoms with Gasteiger partial charge in [-0.2, -0.15) is 0 Å². The number of benzene rings is 2. The van der Waals surface area contributed by atoms with Gasteiger partial charge in [-0.1, -0.05) is 35.9 Å². The summed E-state index contributed by atoms with van der Waals surface area (Å²) < 4.78 is 0. The van der Waals surface area contributed by atoms with Crippen LogP contribution in [-0.4, -0.2) is 29.7 Å². The van der Waals surface area contributed by atoms with Crippen LogP contribution >= 0.6 is 11.6 Å². The van der Waals surface area contributed by atoms with Crippen LogP contribution in [0.4, 0.5) is 5.69 Å². The zero-order valence-corrected chi connectivity index (χ0v) is 14.5. The van der Waals surface area contributed by atoms with Gasteiger partial charge in [-0.25, -0.2) is 0 Å². The first-order valence-electron chi connectivity index (χ1n) is 7.92. The molecule has 6 heteroatoms. The molecule has 1 saturated heterocycles. The molecule has 1 fully saturated rings. The lowest BCUT2D eigenvalue weighted by molar-refractivity contribution is -0.121. The smallest absolute Gasteiger partial charge is 0.253 e. The Balaban J connectivity index is 1.80. The number of anilines is 1. The van der Waals surface area contributed by atoms with E-state index in [0.29, 0.717) is 22.8 Å². The summed E-state index contributed by atoms with van der Waals surface area (Å²) in [6.07, 6.45) is 0.423. The van der Waals surface area contributed by atoms with Crippen molar-refractivity contribution >= 4 is 35.0 Å². The first-order valence-corrected chi connectivity index (χ1v) is 8.30. The van der Waals surface area contributed by atoms with Crippen molar-refractivity contribution in [1.29, 1.82) is 0 Å². The lowest BCUT2D eigenvalue weighted by atomic mass is 10.1. The maximum atomic E-state index is 12.7. The average molecular weight is 357 g/mol. The first kappa shape index (κ1) is 17.2. The highest BCUT2D eigenvalue weighted by Crippen LogP contribution is 2.24. The van der Waals surface area contributed by atoms with Crippen LogP contribution in [0.1, 0.15) is 28.8 Å². The summed E-state index contributed by atoms with van der Waals surface area (Å²) in [4.78, 5) is 39.1. The van der Waals surface area contributed by atoms with Crippen LogP contribution in [0.25, 0.3) is 0 Å². The van der Waals surface area contributed by atoms with Crippen molar-refractivity contribution in [2.24, 2.45) is 0 Å². The number of rotatable bonds is 4. The minimum Gasteiger partial charge on any atom is -0.337 e. The Morgan fingerprint density at radius 1 is 1.08 bits per heavy atom. The van der Waals surface area contributed by atoms with Crippen LogP contribution in [0, 0.1) is 0 Å². The maximum Gasteiger partial charge on any atom is 0.253 e. The van der Waals surface area contributed by atoms with E-state index >= 15 is 0 Å². The van der Waals surface area contributed by atoms with E-state index in [9.17, 15) is 14.4 Å². The van der Waals surface area contributed by atoms with Crippen LogP contribution in [-0.2, 0) is 16.1 Å². The van der Waals surface area contributed by atoms with Crippen LogP contribution < -0.4 is 4.90 Å². The average Bonchev–Trinajstić information content (AvgIpc) is 2.95. The summed E-state index contributed by atoms with van der Waals surface area (Å²) in [5.41, 5.74) is 1.70. The quantitative estimate of drug-likeness (QED) is 0.790. The van der Waals surface area contributed by atoms with Gasteiger partial charge in [0.15, 0.2) is 0 Å². The Hall–Kier alpha value is -2.66. The highest BCUT2D eigenvalue weighted by Gasteiger charge is 2.30. The predicted octanol–water partition coefficient (Wildman–Crippen LogP) is 3.27. The Morgan fingerprint density at radius 2 is 1.76 bits per heavy atom. The van der Waals surface area contributed by atoms with Crippen molar-refractivity contribution in [2.75, 3.05) is 11.9 Å². The summed E-state index contributed by atoms with van der Waals surface area (Å²) in [6.45, 7) is 0.365. The number of halogens is 1. The number of carbonyl (C=O) groups is 3. The van der Waals surface area contributed by atoms with Gasteiger partial charge in [-0.3, -0.25) is 19.3 Å². The fourth-order valence-electron chi connectivity index (χ4n) is 2.82. The minimum atomic E-state index is -0.237. The molecule has 0 aromatic heterocycles. The van der Waals surface area contributed by atoms with Crippen LogP contribution in [0.2, 0.25) is 5.02 Å². The Kier molecular flexibility index (Phi) is 4.86. The van der Waals surface area contributed by atoms with Crippen molar-refractivity contribution in [3.05, 3.63) is 64.7 Å². The minimum absolute atomic E-state index is 0.208. The Morgan fingerprint density at radius 3 is 2.44 bits per heavy atom. The van der Waals surface area contributed by atoms with Gasteiger partial charge in [0, 0.05) is 37.0 Å². The molecule has 3 amide bonds. The topological polar surface area (TPSA) is 57.7 Å². The molecule has 0 spiro atoms. The number of imide groups is 1. The third kappa shape index (κ3) is 3.56. The summed E-state index contributed by atoms with van der Waals surface area (Å²) in [6, 6.07) is 13.9. The lowest BCUT2D eigenvalue weighted by Crippen LogP contribution is -2.30. The first-order chi connectivity index (χ1) is 12.0. The van der Waals surface area contributed by atoms with Crippen molar-refractivity contribution in [2.45, 2.75) is 19.4 Å². The molecular formula is C19H17ClN2O3. The van der Waals surface area contributed by atoms with Crippen molar-refractivity contribution in [1.82, 2.24) is 4.90 Å². The molecule has 0 atom stereocenters. The highest BCUT2D eigenvalue weighted by molar-refractivity contribution is 6.31. The molecule has 5 nitrogen and oxygen atoms in total. The molecule has 128 valence electrons. The van der Waals surface area contributed by atoms with Gasteiger partial charge in [-0.05, 0) is 29.8 Å². The molecule has 0 aliphatic carbocycles. The number of hydrogen-bond donors (Lipinski definition) is 0. The fraction of sp³-hybridized carbons (Fsp3) is 0.211. The number of nitrogens with zero attached hydrogens (tertiary/aromatic N) is 2. The summed E-state index contributed by atoms with van der Waals surface area (Å²) in [7, 11) is 1.69. The molecular weight excluding hydrogens is 340 g/mol. The third-order valence-corrected chi connectivity index (χ3v) is 4.48. The largest absolute Gasteiger partial charge is 0.337 e. The van der Waals surface area contributed by atoms with Crippen molar-refractivity contribution < 1.29 is 14.4 Å². The number of amides is 3. The van der Waals surface area contributed by atoms with E-state index in [2.05, 4.69) is 0 Å². The van der Waals surface area contributed by atoms with E-state index in [4.69, 9.17) is 11.6 Å². The van der Waals surface area contributed by atoms with Gasteiger partial charge in [0.1, 0.15) is 0 Å². The van der Waals surface area contributed by atoms with Crippen LogP contribution in [0.3, 0.4) is 0 Å². The number of carbonyl (C=O) groups excluding carboxylic acids is 3. The maximum absolute atomic E-state index is 12.7. The standard InChI is InChI=1S/C19H17ClN2O3/c1-21(12-14-5-2-3-8-16(14)20)19(25)13-6-4-7-15(11-13)22-17(23)9-10-18(22)24/h2-8,11H,9-10,12H2,1H3. The molecule has 0 unspecified atom stereocenters. The molecule has 1 aliphatic rings. The zero-order chi connectivity index (χ0) is 18.0. The monoisotopic (exact) mass is 356 g/mol. The van der Waals surface area contributed by atoms with Crippen molar-refractivity contribution in [3.63, 3.8) is 0 Å². The molecule has 2 aromatic carbocycles. The van der Waals surface area contributed by atoms with E-state index < -0.39 is 0 Å². The van der Waals surface area contributed by atoms with E-state index in [0.717, 1.165) is 10.5 Å². The Labute approximate surface area is 150 Å². The highest BCUT2D eigenvalue weighted by atomic mass is 35.5. The van der Waals surface area contributed by atoms with E-state index in [1.807, 2.05) is 18.2 Å². The van der Waals surface area contributed by atoms with Crippen LogP contribution in [0.5, 0.6) is 0 Å². The molecule has 0 radical (unpaired) electrons. The third-order valence-electron chi connectivity index (χ3n) is 4.11. The van der Waals surface area contributed by atoms with E-state index in [1.165, 1.54) is 0 Å². The van der Waals surface area contributed by atoms with Gasteiger partial charge in [0.2, 0.25) is 11.8 Å². The molecule has 1 heterocycles. The SMILES string of the molecule is CN(Cc1ccccc1Cl)C(=O)c1cccc(N2C(=O)CCC2=O)c1. The van der Waals surface area contributed by atoms with Gasteiger partial charge in [-0.15, -0.1) is 0 Å². The second-order valence-electron chi connectivity index (χ2n) is 5.93. The summed E-state index contributed by atoms with van der Waals surface area (Å²) in [5, 5.41) is 0.601. The molecule has 0 saturated carbocycles. The second kappa shape index (κ2) is 7.07. The fourth-order valence-corrected chi connectivity index (χ4v) is 3.01. The zero-order valence-electron chi connectivity index (χ0n) is 13.7. The van der Waals surface area contributed by atoms with Gasteiger partial charge in [0.05, 0.1) is 5.69 Å². The second-order valence-corrected chi connectivity index (χ2v) is 6.33. The molecule has 0 N–H and O–H groups in total. The van der Waals surface area contributed by atoms with Gasteiger partial charge in [0.25, 0.3) is 5.91 Å². The van der Waals surface area contributed by atoms with Gasteiger partial charge >= 0.3 is 0 Å². The number of hydrogen-bond acceptors (Lipinski definition) is 3. The van der Waals surface area contributed by atoms with Gasteiger partial charge < -0.3 is 4.90 Å². The Bertz CT molecular complexity index is 834. The molecule has 1 aliphatic heterocycles. The summed E-state index contributed by atoms with van der Waals surface area (Å²) in [5.74, 6) is -0.682. The normalized spacial score (nSPS) is 14.1. The van der Waals surface area contributed by atoms with Crippen molar-refractivity contribution in [3.8, 4) is 0 Å². The van der Waals surface area contributed by atoms with Crippen LogP contribution in [0.15, 0.2) is 48.5 Å². The molecule has 0 bridgehead atoms. The summed E-state index contributed by atoms with van der Waals surface area (Å²) >= 11 is 6.14. The van der Waals surface area contributed by atoms with E-state index in [1.54, 1.807) is 42.3 Å². The molecule has 2 aromatic rings. The molecule has 3 rings (SSSR count).